The van der Waals surface area contributed by atoms with Gasteiger partial charge in [0.2, 0.25) is 5.91 Å². The molecule has 1 aliphatic heterocycles. The van der Waals surface area contributed by atoms with Crippen LogP contribution in [0.3, 0.4) is 0 Å². The van der Waals surface area contributed by atoms with Gasteiger partial charge in [-0.05, 0) is 48.9 Å². The number of pyridine rings is 1. The van der Waals surface area contributed by atoms with Gasteiger partial charge in [-0.2, -0.15) is 31.3 Å². The van der Waals surface area contributed by atoms with Gasteiger partial charge in [-0.15, -0.1) is 18.3 Å². The molecule has 0 radical (unpaired) electrons. The van der Waals surface area contributed by atoms with Crippen LogP contribution in [-0.4, -0.2) is 61.8 Å². The van der Waals surface area contributed by atoms with Crippen LogP contribution in [0.4, 0.5) is 55.7 Å². The molecule has 11 nitrogen and oxygen atoms in total. The van der Waals surface area contributed by atoms with Gasteiger partial charge in [0.25, 0.3) is 0 Å². The Morgan fingerprint density at radius 3 is 2.42 bits per heavy atom. The van der Waals surface area contributed by atoms with Crippen molar-refractivity contribution in [3.63, 3.8) is 0 Å². The molecule has 0 bridgehead atoms. The summed E-state index contributed by atoms with van der Waals surface area (Å²) in [5.74, 6) is -1.67. The maximum absolute atomic E-state index is 14.1. The Morgan fingerprint density at radius 1 is 1.00 bits per heavy atom. The number of aromatic nitrogens is 4. The number of anilines is 2. The van der Waals surface area contributed by atoms with Gasteiger partial charge in [-0.25, -0.2) is 19.4 Å². The number of amides is 3. The predicted octanol–water partition coefficient (Wildman–Crippen LogP) is 7.30. The first-order valence-electron chi connectivity index (χ1n) is 13.8. The quantitative estimate of drug-likeness (QED) is 0.187. The van der Waals surface area contributed by atoms with Crippen molar-refractivity contribution in [3.8, 4) is 23.0 Å². The van der Waals surface area contributed by atoms with Gasteiger partial charge in [0.15, 0.2) is 16.8 Å². The molecule has 0 saturated carbocycles. The van der Waals surface area contributed by atoms with Crippen molar-refractivity contribution in [1.82, 2.24) is 19.7 Å². The van der Waals surface area contributed by atoms with E-state index in [1.807, 2.05) is 5.32 Å². The van der Waals surface area contributed by atoms with Crippen molar-refractivity contribution in [2.75, 3.05) is 22.6 Å². The summed E-state index contributed by atoms with van der Waals surface area (Å²) in [7, 11) is 0. The van der Waals surface area contributed by atoms with Crippen molar-refractivity contribution in [3.05, 3.63) is 77.7 Å². The number of rotatable bonds is 8. The molecule has 1 saturated heterocycles. The second-order valence-electron chi connectivity index (χ2n) is 10.3. The second-order valence-corrected chi connectivity index (χ2v) is 11.2. The highest BCUT2D eigenvalue weighted by atomic mass is 32.2. The Kier molecular flexibility index (Phi) is 10.1. The number of alkyl halides is 9. The number of aliphatic imine (C=N–C) groups is 1. The maximum Gasteiger partial charge on any atom is 0.573 e. The molecule has 0 spiro atoms. The zero-order chi connectivity index (χ0) is 36.4. The minimum absolute atomic E-state index is 0.0266. The van der Waals surface area contributed by atoms with E-state index in [9.17, 15) is 49.1 Å². The standard InChI is InChI=1S/C29H20F9N7O4S/c1-15-2-3-17(11-48-13-27(30,31)32)21(8-15)45-23(46)12-50-26(45)42-25(47)41-20-6-4-16(9-19(20)28(33,34)35)24-40-14-44(43-24)22-7-5-18(10-39-22)49-29(36,37)38/h2-10,14H,11-13H2,1H3,(H,41,47)/b42-26-. The number of halogens is 9. The molecular formula is C29H20F9N7O4S. The first-order chi connectivity index (χ1) is 23.4. The van der Waals surface area contributed by atoms with Gasteiger partial charge in [0, 0.05) is 11.1 Å². The first-order valence-corrected chi connectivity index (χ1v) is 14.8. The first kappa shape index (κ1) is 36.1. The van der Waals surface area contributed by atoms with Crippen LogP contribution in [0.1, 0.15) is 16.7 Å². The molecule has 0 aliphatic carbocycles. The normalized spacial score (nSPS) is 14.8. The van der Waals surface area contributed by atoms with E-state index in [1.54, 1.807) is 13.0 Å². The van der Waals surface area contributed by atoms with Crippen molar-refractivity contribution < 1.29 is 58.6 Å². The van der Waals surface area contributed by atoms with Gasteiger partial charge in [0.1, 0.15) is 18.7 Å². The summed E-state index contributed by atoms with van der Waals surface area (Å²) in [5, 5.41) is 5.83. The number of nitrogens with zero attached hydrogens (tertiary/aromatic N) is 6. The Hall–Kier alpha value is -5.18. The molecule has 3 heterocycles. The minimum Gasteiger partial charge on any atom is -0.404 e. The van der Waals surface area contributed by atoms with Crippen molar-refractivity contribution in [2.45, 2.75) is 32.2 Å². The number of aryl methyl sites for hydroxylation is 1. The van der Waals surface area contributed by atoms with Crippen LogP contribution in [0.25, 0.3) is 17.2 Å². The molecule has 5 rings (SSSR count). The van der Waals surface area contributed by atoms with E-state index in [1.165, 1.54) is 12.1 Å². The Morgan fingerprint density at radius 2 is 1.76 bits per heavy atom. The van der Waals surface area contributed by atoms with E-state index >= 15 is 0 Å². The summed E-state index contributed by atoms with van der Waals surface area (Å²) in [6.45, 7) is -0.453. The summed E-state index contributed by atoms with van der Waals surface area (Å²) in [4.78, 5) is 38.2. The Labute approximate surface area is 279 Å². The fraction of sp³-hybridized carbons (Fsp3) is 0.241. The number of hydrogen-bond acceptors (Lipinski definition) is 8. The van der Waals surface area contributed by atoms with E-state index in [0.717, 1.165) is 58.1 Å². The van der Waals surface area contributed by atoms with Crippen molar-refractivity contribution >= 4 is 40.2 Å². The molecule has 2 aromatic carbocycles. The van der Waals surface area contributed by atoms with Crippen LogP contribution >= 0.6 is 11.8 Å². The summed E-state index contributed by atoms with van der Waals surface area (Å²) >= 11 is 0.790. The maximum atomic E-state index is 14.1. The molecule has 264 valence electrons. The third kappa shape index (κ3) is 9.08. The number of benzene rings is 2. The van der Waals surface area contributed by atoms with Gasteiger partial charge < -0.3 is 14.8 Å². The van der Waals surface area contributed by atoms with Crippen LogP contribution < -0.4 is 15.0 Å². The predicted molar refractivity (Wildman–Crippen MR) is 160 cm³/mol. The van der Waals surface area contributed by atoms with E-state index < -0.39 is 60.9 Å². The molecular weight excluding hydrogens is 713 g/mol. The SMILES string of the molecule is Cc1ccc(COCC(F)(F)F)c(N2C(=O)CS/C2=N\C(=O)Nc2ccc(-c3ncn(-c4ccc(OC(F)(F)F)cn4)n3)cc2C(F)(F)F)c1. The fourth-order valence-electron chi connectivity index (χ4n) is 4.43. The molecule has 0 atom stereocenters. The number of carbonyl (C=O) groups is 2. The molecule has 1 N–H and O–H groups in total. The lowest BCUT2D eigenvalue weighted by atomic mass is 10.1. The second kappa shape index (κ2) is 14.0. The molecule has 21 heteroatoms. The lowest BCUT2D eigenvalue weighted by Crippen LogP contribution is -2.31. The van der Waals surface area contributed by atoms with Crippen molar-refractivity contribution in [1.29, 1.82) is 0 Å². The third-order valence-electron chi connectivity index (χ3n) is 6.47. The molecule has 4 aromatic rings. The Bertz CT molecular complexity index is 1930. The molecule has 0 unspecified atom stereocenters. The van der Waals surface area contributed by atoms with Crippen LogP contribution in [0, 0.1) is 6.92 Å². The molecule has 1 fully saturated rings. The highest BCUT2D eigenvalue weighted by molar-refractivity contribution is 8.15. The van der Waals surface area contributed by atoms with Gasteiger partial charge in [0.05, 0.1) is 35.5 Å². The monoisotopic (exact) mass is 733 g/mol. The number of amidine groups is 1. The van der Waals surface area contributed by atoms with Gasteiger partial charge in [-0.3, -0.25) is 9.69 Å². The Balaban J connectivity index is 1.37. The van der Waals surface area contributed by atoms with E-state index in [4.69, 9.17) is 4.74 Å². The van der Waals surface area contributed by atoms with E-state index in [0.29, 0.717) is 11.6 Å². The van der Waals surface area contributed by atoms with Crippen molar-refractivity contribution in [2.24, 2.45) is 4.99 Å². The lowest BCUT2D eigenvalue weighted by molar-refractivity contribution is -0.274. The van der Waals surface area contributed by atoms with Crippen LogP contribution in [0.2, 0.25) is 0 Å². The lowest BCUT2D eigenvalue weighted by Gasteiger charge is -2.21. The zero-order valence-corrected chi connectivity index (χ0v) is 25.8. The number of thioether (sulfide) groups is 1. The molecule has 2 aromatic heterocycles. The van der Waals surface area contributed by atoms with Crippen LogP contribution in [-0.2, 0) is 22.3 Å². The summed E-state index contributed by atoms with van der Waals surface area (Å²) in [6, 6.07) is 7.96. The summed E-state index contributed by atoms with van der Waals surface area (Å²) < 4.78 is 127. The van der Waals surface area contributed by atoms with E-state index in [-0.39, 0.29) is 39.4 Å². The number of ether oxygens (including phenoxy) is 2. The van der Waals surface area contributed by atoms with Crippen LogP contribution in [0.5, 0.6) is 5.75 Å². The smallest absolute Gasteiger partial charge is 0.404 e. The minimum atomic E-state index is -5.01. The topological polar surface area (TPSA) is 124 Å². The summed E-state index contributed by atoms with van der Waals surface area (Å²) in [5.41, 5.74) is -1.33. The molecule has 1 aliphatic rings. The van der Waals surface area contributed by atoms with Gasteiger partial charge in [-0.1, -0.05) is 23.9 Å². The highest BCUT2D eigenvalue weighted by Gasteiger charge is 2.36. The number of nitrogens with one attached hydrogen (secondary N) is 1. The largest absolute Gasteiger partial charge is 0.573 e. The summed E-state index contributed by atoms with van der Waals surface area (Å²) in [6.07, 6.45) is -12.7. The highest BCUT2D eigenvalue weighted by Crippen LogP contribution is 2.38. The zero-order valence-electron chi connectivity index (χ0n) is 25.0. The number of hydrogen-bond donors (Lipinski definition) is 1. The van der Waals surface area contributed by atoms with E-state index in [2.05, 4.69) is 24.8 Å². The fourth-order valence-corrected chi connectivity index (χ4v) is 5.29. The average Bonchev–Trinajstić information content (AvgIpc) is 3.63. The third-order valence-corrected chi connectivity index (χ3v) is 7.40. The molecule has 3 amide bonds. The molecule has 50 heavy (non-hydrogen) atoms. The average molecular weight is 734 g/mol. The van der Waals surface area contributed by atoms with Gasteiger partial charge >= 0.3 is 24.7 Å². The van der Waals surface area contributed by atoms with Crippen LogP contribution in [0.15, 0.2) is 66.0 Å². The number of carbonyl (C=O) groups excluding carboxylic acids is 2. The number of urea groups is 1.